The molecule has 3 unspecified atom stereocenters. The van der Waals surface area contributed by atoms with Gasteiger partial charge in [0.15, 0.2) is 0 Å². The molecular weight excluding hydrogens is 346 g/mol. The second kappa shape index (κ2) is 10.3. The average molecular weight is 380 g/mol. The number of nitrogens with zero attached hydrogens (tertiary/aromatic N) is 3. The lowest BCUT2D eigenvalue weighted by Gasteiger charge is -2.11. The predicted octanol–water partition coefficient (Wildman–Crippen LogP) is 2.07. The molecule has 152 valence electrons. The number of fused-ring (bicyclic) bond motifs is 2. The summed E-state index contributed by atoms with van der Waals surface area (Å²) in [6, 6.07) is 0. The number of hydrogen-bond acceptors (Lipinski definition) is 6. The highest BCUT2D eigenvalue weighted by atomic mass is 16.5. The van der Waals surface area contributed by atoms with Crippen LogP contribution in [0.1, 0.15) is 44.5 Å². The molecule has 0 aromatic carbocycles. The Hall–Kier alpha value is -1.31. The molecule has 7 heteroatoms. The Labute approximate surface area is 161 Å². The van der Waals surface area contributed by atoms with E-state index in [4.69, 9.17) is 14.2 Å². The standard InChI is InChI=1S/C20H33N3O4/c1-15(24)7-9-25-11-13-27-14-12-26-10-8-23-20-6-4-18-16(2)17(18)3-5-19(20)21-22-23/h16-18H,3-14H2,1-2H3. The number of carbonyl (C=O) groups excluding carboxylic acids is 1. The van der Waals surface area contributed by atoms with Crippen LogP contribution in [0.5, 0.6) is 0 Å². The van der Waals surface area contributed by atoms with Gasteiger partial charge in [-0.2, -0.15) is 0 Å². The first-order valence-corrected chi connectivity index (χ1v) is 10.3. The van der Waals surface area contributed by atoms with Gasteiger partial charge in [0.1, 0.15) is 5.78 Å². The highest BCUT2D eigenvalue weighted by Crippen LogP contribution is 2.52. The molecule has 0 N–H and O–H groups in total. The monoisotopic (exact) mass is 379 g/mol. The fraction of sp³-hybridized carbons (Fsp3) is 0.850. The minimum atomic E-state index is 0.149. The summed E-state index contributed by atoms with van der Waals surface area (Å²) >= 11 is 0. The predicted molar refractivity (Wildman–Crippen MR) is 101 cm³/mol. The van der Waals surface area contributed by atoms with Gasteiger partial charge in [-0.1, -0.05) is 12.1 Å². The van der Waals surface area contributed by atoms with Crippen molar-refractivity contribution in [1.82, 2.24) is 15.0 Å². The average Bonchev–Trinajstić information content (AvgIpc) is 3.05. The first-order chi connectivity index (χ1) is 13.2. The quantitative estimate of drug-likeness (QED) is 0.518. The molecule has 3 rings (SSSR count). The molecule has 0 amide bonds. The molecule has 7 nitrogen and oxygen atoms in total. The maximum absolute atomic E-state index is 10.8. The van der Waals surface area contributed by atoms with E-state index >= 15 is 0 Å². The Kier molecular flexibility index (Phi) is 7.79. The first kappa shape index (κ1) is 20.4. The number of ether oxygens (including phenoxy) is 3. The van der Waals surface area contributed by atoms with Crippen LogP contribution >= 0.6 is 0 Å². The van der Waals surface area contributed by atoms with Crippen LogP contribution in [0, 0.1) is 17.8 Å². The number of Topliss-reactive ketones (excluding diaryl/α,β-unsaturated/α-hetero) is 1. The minimum Gasteiger partial charge on any atom is -0.379 e. The van der Waals surface area contributed by atoms with Crippen molar-refractivity contribution in [2.75, 3.05) is 39.6 Å². The number of ketones is 1. The summed E-state index contributed by atoms with van der Waals surface area (Å²) in [5.41, 5.74) is 2.51. The Morgan fingerprint density at radius 1 is 1.00 bits per heavy atom. The van der Waals surface area contributed by atoms with Crippen molar-refractivity contribution < 1.29 is 19.0 Å². The van der Waals surface area contributed by atoms with Gasteiger partial charge in [0.25, 0.3) is 0 Å². The molecule has 0 bridgehead atoms. The number of aromatic nitrogens is 3. The number of aryl methyl sites for hydroxylation is 1. The van der Waals surface area contributed by atoms with Gasteiger partial charge in [-0.15, -0.1) is 5.10 Å². The maximum atomic E-state index is 10.8. The Bertz CT molecular complexity index is 604. The van der Waals surface area contributed by atoms with E-state index < -0.39 is 0 Å². The zero-order valence-electron chi connectivity index (χ0n) is 16.7. The van der Waals surface area contributed by atoms with Crippen LogP contribution in [0.2, 0.25) is 0 Å². The normalized spacial score (nSPS) is 24.0. The summed E-state index contributed by atoms with van der Waals surface area (Å²) in [6.07, 6.45) is 5.18. The third kappa shape index (κ3) is 6.09. The van der Waals surface area contributed by atoms with E-state index in [1.54, 1.807) is 6.92 Å². The molecule has 1 aromatic heterocycles. The summed E-state index contributed by atoms with van der Waals surface area (Å²) in [6.45, 7) is 7.95. The highest BCUT2D eigenvalue weighted by Gasteiger charge is 2.46. The molecule has 0 aliphatic heterocycles. The van der Waals surface area contributed by atoms with Gasteiger partial charge in [0.05, 0.1) is 57.6 Å². The van der Waals surface area contributed by atoms with Crippen molar-refractivity contribution in [3.05, 3.63) is 11.4 Å². The van der Waals surface area contributed by atoms with E-state index in [9.17, 15) is 4.79 Å². The van der Waals surface area contributed by atoms with Crippen LogP contribution in [-0.4, -0.2) is 60.4 Å². The second-order valence-electron chi connectivity index (χ2n) is 7.76. The van der Waals surface area contributed by atoms with Gasteiger partial charge in [0.2, 0.25) is 0 Å². The zero-order valence-corrected chi connectivity index (χ0v) is 16.7. The van der Waals surface area contributed by atoms with Crippen molar-refractivity contribution in [3.8, 4) is 0 Å². The Morgan fingerprint density at radius 2 is 1.63 bits per heavy atom. The van der Waals surface area contributed by atoms with Crippen molar-refractivity contribution in [3.63, 3.8) is 0 Å². The van der Waals surface area contributed by atoms with E-state index in [-0.39, 0.29) is 5.78 Å². The van der Waals surface area contributed by atoms with Gasteiger partial charge in [0, 0.05) is 6.42 Å². The van der Waals surface area contributed by atoms with Crippen molar-refractivity contribution in [2.24, 2.45) is 17.8 Å². The van der Waals surface area contributed by atoms with Crippen LogP contribution < -0.4 is 0 Å². The highest BCUT2D eigenvalue weighted by molar-refractivity contribution is 5.75. The molecule has 0 spiro atoms. The second-order valence-corrected chi connectivity index (χ2v) is 7.76. The van der Waals surface area contributed by atoms with E-state index in [0.29, 0.717) is 46.1 Å². The number of carbonyl (C=O) groups is 1. The molecule has 0 radical (unpaired) electrons. The summed E-state index contributed by atoms with van der Waals surface area (Å²) in [5.74, 6) is 2.89. The van der Waals surface area contributed by atoms with Gasteiger partial charge in [-0.25, -0.2) is 4.68 Å². The first-order valence-electron chi connectivity index (χ1n) is 10.3. The smallest absolute Gasteiger partial charge is 0.132 e. The number of hydrogen-bond donors (Lipinski definition) is 0. The van der Waals surface area contributed by atoms with Crippen molar-refractivity contribution in [2.45, 2.75) is 52.5 Å². The molecule has 1 aromatic rings. The lowest BCUT2D eigenvalue weighted by Crippen LogP contribution is -2.15. The fourth-order valence-corrected chi connectivity index (χ4v) is 4.12. The third-order valence-electron chi connectivity index (χ3n) is 5.90. The lowest BCUT2D eigenvalue weighted by atomic mass is 10.0. The maximum Gasteiger partial charge on any atom is 0.132 e. The van der Waals surface area contributed by atoms with Gasteiger partial charge >= 0.3 is 0 Å². The molecule has 2 aliphatic rings. The molecular formula is C20H33N3O4. The van der Waals surface area contributed by atoms with Gasteiger partial charge < -0.3 is 14.2 Å². The zero-order chi connectivity index (χ0) is 19.1. The Balaban J connectivity index is 1.24. The van der Waals surface area contributed by atoms with Gasteiger partial charge in [-0.05, 0) is 50.4 Å². The van der Waals surface area contributed by atoms with Crippen LogP contribution in [-0.2, 0) is 38.4 Å². The molecule has 2 aliphatic carbocycles. The van der Waals surface area contributed by atoms with Crippen molar-refractivity contribution >= 4 is 5.78 Å². The molecule has 1 saturated carbocycles. The largest absolute Gasteiger partial charge is 0.379 e. The lowest BCUT2D eigenvalue weighted by molar-refractivity contribution is -0.118. The van der Waals surface area contributed by atoms with E-state index in [0.717, 1.165) is 37.1 Å². The summed E-state index contributed by atoms with van der Waals surface area (Å²) in [5, 5.41) is 8.75. The summed E-state index contributed by atoms with van der Waals surface area (Å²) in [7, 11) is 0. The summed E-state index contributed by atoms with van der Waals surface area (Å²) < 4.78 is 18.5. The van der Waals surface area contributed by atoms with Crippen LogP contribution in [0.25, 0.3) is 0 Å². The topological polar surface area (TPSA) is 75.5 Å². The third-order valence-corrected chi connectivity index (χ3v) is 5.90. The van der Waals surface area contributed by atoms with Crippen LogP contribution in [0.3, 0.4) is 0 Å². The minimum absolute atomic E-state index is 0.149. The van der Waals surface area contributed by atoms with Crippen LogP contribution in [0.15, 0.2) is 0 Å². The van der Waals surface area contributed by atoms with E-state index in [1.165, 1.54) is 24.2 Å². The van der Waals surface area contributed by atoms with Crippen LogP contribution in [0.4, 0.5) is 0 Å². The molecule has 0 saturated heterocycles. The fourth-order valence-electron chi connectivity index (χ4n) is 4.12. The van der Waals surface area contributed by atoms with Crippen molar-refractivity contribution in [1.29, 1.82) is 0 Å². The Morgan fingerprint density at radius 3 is 2.33 bits per heavy atom. The van der Waals surface area contributed by atoms with Gasteiger partial charge in [-0.3, -0.25) is 4.79 Å². The van der Waals surface area contributed by atoms with E-state index in [2.05, 4.69) is 17.2 Å². The molecule has 3 atom stereocenters. The number of rotatable bonds is 12. The molecule has 1 heterocycles. The molecule has 1 fully saturated rings. The SMILES string of the molecule is CC(=O)CCOCCOCCOCCn1nnc2c1CCC1C(C)C1CC2. The van der Waals surface area contributed by atoms with E-state index in [1.807, 2.05) is 4.68 Å². The molecule has 27 heavy (non-hydrogen) atoms. The summed E-state index contributed by atoms with van der Waals surface area (Å²) in [4.78, 5) is 10.8.